The molecule has 0 fully saturated rings. The highest BCUT2D eigenvalue weighted by molar-refractivity contribution is 5.54. The third kappa shape index (κ3) is 2.87. The lowest BCUT2D eigenvalue weighted by molar-refractivity contribution is -0.384. The zero-order valence-corrected chi connectivity index (χ0v) is 11.9. The zero-order valence-electron chi connectivity index (χ0n) is 11.9. The van der Waals surface area contributed by atoms with Gasteiger partial charge in [0, 0.05) is 19.2 Å². The molecular formula is C13H14N6O3. The molecule has 0 unspecified atom stereocenters. The fourth-order valence-corrected chi connectivity index (χ4v) is 2.01. The molecule has 1 aromatic carbocycles. The van der Waals surface area contributed by atoms with E-state index in [9.17, 15) is 15.4 Å². The molecule has 0 radical (unpaired) electrons. The number of benzene rings is 1. The van der Waals surface area contributed by atoms with Gasteiger partial charge in [-0.05, 0) is 13.0 Å². The van der Waals surface area contributed by atoms with Gasteiger partial charge in [0.15, 0.2) is 11.5 Å². The molecule has 1 aromatic heterocycles. The number of aromatic nitrogens is 3. The standard InChI is InChI=1S/C13H14N6O3/c1-2-17(7-8-20)13-10(9-14)15-18(16-13)11-5-3-4-6-12(11)19(21)22/h3-6,20H,2,7-8H2,1H3. The van der Waals surface area contributed by atoms with E-state index in [1.807, 2.05) is 13.0 Å². The molecule has 0 aliphatic heterocycles. The Kier molecular flexibility index (Phi) is 4.65. The number of nitro groups is 1. The maximum Gasteiger partial charge on any atom is 0.296 e. The van der Waals surface area contributed by atoms with E-state index in [1.165, 1.54) is 12.1 Å². The topological polar surface area (TPSA) is 121 Å². The van der Waals surface area contributed by atoms with E-state index < -0.39 is 4.92 Å². The highest BCUT2D eigenvalue weighted by Crippen LogP contribution is 2.23. The predicted molar refractivity (Wildman–Crippen MR) is 77.7 cm³/mol. The van der Waals surface area contributed by atoms with Crippen molar-refractivity contribution in [2.75, 3.05) is 24.6 Å². The van der Waals surface area contributed by atoms with Crippen molar-refractivity contribution >= 4 is 11.5 Å². The molecule has 2 aromatic rings. The van der Waals surface area contributed by atoms with Crippen molar-refractivity contribution in [3.8, 4) is 11.8 Å². The van der Waals surface area contributed by atoms with Gasteiger partial charge in [-0.2, -0.15) is 5.26 Å². The van der Waals surface area contributed by atoms with Crippen LogP contribution in [0.1, 0.15) is 12.6 Å². The summed E-state index contributed by atoms with van der Waals surface area (Å²) in [4.78, 5) is 13.3. The molecule has 0 amide bonds. The second kappa shape index (κ2) is 6.64. The number of nitro benzene ring substituents is 1. The minimum Gasteiger partial charge on any atom is -0.395 e. The van der Waals surface area contributed by atoms with E-state index in [1.54, 1.807) is 17.0 Å². The lowest BCUT2D eigenvalue weighted by Gasteiger charge is -2.18. The van der Waals surface area contributed by atoms with Crippen LogP contribution in [-0.4, -0.2) is 44.7 Å². The Hall–Kier alpha value is -2.99. The molecule has 9 nitrogen and oxygen atoms in total. The fraction of sp³-hybridized carbons (Fsp3) is 0.308. The molecule has 1 N–H and O–H groups in total. The number of anilines is 1. The van der Waals surface area contributed by atoms with Crippen molar-refractivity contribution in [1.29, 1.82) is 5.26 Å². The van der Waals surface area contributed by atoms with Gasteiger partial charge in [-0.1, -0.05) is 12.1 Å². The quantitative estimate of drug-likeness (QED) is 0.620. The molecule has 114 valence electrons. The largest absolute Gasteiger partial charge is 0.395 e. The number of para-hydroxylation sites is 2. The van der Waals surface area contributed by atoms with Gasteiger partial charge in [0.05, 0.1) is 11.5 Å². The summed E-state index contributed by atoms with van der Waals surface area (Å²) in [5.41, 5.74) is 0.0718. The van der Waals surface area contributed by atoms with E-state index in [0.29, 0.717) is 13.1 Å². The summed E-state index contributed by atoms with van der Waals surface area (Å²) in [5, 5.41) is 37.5. The molecule has 0 aliphatic rings. The van der Waals surface area contributed by atoms with Gasteiger partial charge in [0.2, 0.25) is 5.69 Å². The molecule has 0 spiro atoms. The Labute approximate surface area is 126 Å². The number of likely N-dealkylation sites (N-methyl/N-ethyl adjacent to an activating group) is 1. The van der Waals surface area contributed by atoms with Crippen LogP contribution < -0.4 is 4.90 Å². The van der Waals surface area contributed by atoms with Crippen LogP contribution in [0.5, 0.6) is 0 Å². The van der Waals surface area contributed by atoms with Crippen LogP contribution in [0.25, 0.3) is 5.69 Å². The SMILES string of the molecule is CCN(CCO)c1nn(-c2ccccc2[N+](=O)[O-])nc1C#N. The monoisotopic (exact) mass is 302 g/mol. The fourth-order valence-electron chi connectivity index (χ4n) is 2.01. The maximum atomic E-state index is 11.1. The van der Waals surface area contributed by atoms with E-state index in [-0.39, 0.29) is 29.5 Å². The zero-order chi connectivity index (χ0) is 16.1. The van der Waals surface area contributed by atoms with Crippen LogP contribution in [0.2, 0.25) is 0 Å². The minimum absolute atomic E-state index is 0.0495. The average Bonchev–Trinajstić information content (AvgIpc) is 2.96. The van der Waals surface area contributed by atoms with Crippen molar-refractivity contribution < 1.29 is 10.0 Å². The molecule has 0 saturated carbocycles. The Balaban J connectivity index is 2.53. The lowest BCUT2D eigenvalue weighted by atomic mass is 10.3. The third-order valence-corrected chi connectivity index (χ3v) is 3.05. The highest BCUT2D eigenvalue weighted by Gasteiger charge is 2.21. The van der Waals surface area contributed by atoms with Crippen LogP contribution in [0.3, 0.4) is 0 Å². The molecule has 0 atom stereocenters. The lowest BCUT2D eigenvalue weighted by Crippen LogP contribution is -2.27. The van der Waals surface area contributed by atoms with Gasteiger partial charge in [-0.15, -0.1) is 15.0 Å². The van der Waals surface area contributed by atoms with E-state index in [2.05, 4.69) is 10.2 Å². The Bertz CT molecular complexity index is 721. The van der Waals surface area contributed by atoms with E-state index in [0.717, 1.165) is 4.80 Å². The molecule has 0 bridgehead atoms. The van der Waals surface area contributed by atoms with Crippen LogP contribution in [0, 0.1) is 21.4 Å². The number of nitrogens with zero attached hydrogens (tertiary/aromatic N) is 6. The Morgan fingerprint density at radius 1 is 1.45 bits per heavy atom. The van der Waals surface area contributed by atoms with Crippen molar-refractivity contribution in [2.45, 2.75) is 6.92 Å². The molecule has 0 saturated heterocycles. The van der Waals surface area contributed by atoms with Gasteiger partial charge in [-0.3, -0.25) is 10.1 Å². The number of rotatable bonds is 6. The number of nitriles is 1. The summed E-state index contributed by atoms with van der Waals surface area (Å²) in [6.07, 6.45) is 0. The predicted octanol–water partition coefficient (Wildman–Crippen LogP) is 0.866. The summed E-state index contributed by atoms with van der Waals surface area (Å²) in [5.74, 6) is 0.289. The maximum absolute atomic E-state index is 11.1. The van der Waals surface area contributed by atoms with Crippen molar-refractivity contribution in [3.05, 3.63) is 40.1 Å². The second-order valence-electron chi connectivity index (χ2n) is 4.32. The minimum atomic E-state index is -0.532. The normalized spacial score (nSPS) is 10.2. The first-order valence-corrected chi connectivity index (χ1v) is 6.59. The number of hydrogen-bond donors (Lipinski definition) is 1. The Morgan fingerprint density at radius 2 is 2.18 bits per heavy atom. The highest BCUT2D eigenvalue weighted by atomic mass is 16.6. The summed E-state index contributed by atoms with van der Waals surface area (Å²) < 4.78 is 0. The second-order valence-corrected chi connectivity index (χ2v) is 4.32. The molecule has 1 heterocycles. The summed E-state index contributed by atoms with van der Waals surface area (Å²) >= 11 is 0. The van der Waals surface area contributed by atoms with Gasteiger partial charge in [0.25, 0.3) is 5.69 Å². The number of aliphatic hydroxyl groups excluding tert-OH is 1. The van der Waals surface area contributed by atoms with Crippen LogP contribution in [0.4, 0.5) is 11.5 Å². The molecule has 22 heavy (non-hydrogen) atoms. The first-order valence-electron chi connectivity index (χ1n) is 6.59. The summed E-state index contributed by atoms with van der Waals surface area (Å²) in [6.45, 7) is 2.56. The van der Waals surface area contributed by atoms with Crippen LogP contribution in [-0.2, 0) is 0 Å². The first kappa shape index (κ1) is 15.4. The van der Waals surface area contributed by atoms with E-state index in [4.69, 9.17) is 5.11 Å². The van der Waals surface area contributed by atoms with Crippen molar-refractivity contribution in [3.63, 3.8) is 0 Å². The average molecular weight is 302 g/mol. The van der Waals surface area contributed by atoms with Gasteiger partial charge >= 0.3 is 0 Å². The van der Waals surface area contributed by atoms with E-state index >= 15 is 0 Å². The first-order chi connectivity index (χ1) is 10.6. The molecule has 2 rings (SSSR count). The third-order valence-electron chi connectivity index (χ3n) is 3.05. The van der Waals surface area contributed by atoms with Gasteiger partial charge in [0.1, 0.15) is 6.07 Å². The number of hydrogen-bond acceptors (Lipinski definition) is 7. The summed E-state index contributed by atoms with van der Waals surface area (Å²) in [6, 6.07) is 7.94. The van der Waals surface area contributed by atoms with Crippen molar-refractivity contribution in [1.82, 2.24) is 15.0 Å². The van der Waals surface area contributed by atoms with Crippen LogP contribution in [0.15, 0.2) is 24.3 Å². The smallest absolute Gasteiger partial charge is 0.296 e. The van der Waals surface area contributed by atoms with Gasteiger partial charge in [-0.25, -0.2) is 0 Å². The molecular weight excluding hydrogens is 288 g/mol. The van der Waals surface area contributed by atoms with Crippen molar-refractivity contribution in [2.24, 2.45) is 0 Å². The Morgan fingerprint density at radius 3 is 2.77 bits per heavy atom. The molecule has 9 heteroatoms. The number of aliphatic hydroxyl groups is 1. The van der Waals surface area contributed by atoms with Gasteiger partial charge < -0.3 is 10.0 Å². The summed E-state index contributed by atoms with van der Waals surface area (Å²) in [7, 11) is 0. The van der Waals surface area contributed by atoms with Crippen LogP contribution >= 0.6 is 0 Å². The molecule has 0 aliphatic carbocycles.